The van der Waals surface area contributed by atoms with Gasteiger partial charge in [-0.1, -0.05) is 78.3 Å². The lowest BCUT2D eigenvalue weighted by molar-refractivity contribution is 0.0566. The van der Waals surface area contributed by atoms with Crippen molar-refractivity contribution in [3.05, 3.63) is 137 Å². The minimum absolute atomic E-state index is 0.0453. The van der Waals surface area contributed by atoms with E-state index in [-0.39, 0.29) is 12.6 Å². The van der Waals surface area contributed by atoms with Gasteiger partial charge in [0, 0.05) is 35.7 Å². The van der Waals surface area contributed by atoms with Crippen LogP contribution >= 0.6 is 11.6 Å². The number of ether oxygens (including phenoxy) is 1. The number of aromatic nitrogens is 1. The maximum Gasteiger partial charge on any atom is 0.138 e. The molecule has 0 saturated heterocycles. The zero-order valence-corrected chi connectivity index (χ0v) is 22.3. The molecule has 0 spiro atoms. The Bertz CT molecular complexity index is 1490. The highest BCUT2D eigenvalue weighted by atomic mass is 35.5. The number of para-hydroxylation sites is 1. The van der Waals surface area contributed by atoms with Crippen molar-refractivity contribution < 1.29 is 14.9 Å². The summed E-state index contributed by atoms with van der Waals surface area (Å²) in [5.41, 5.74) is 3.82. The molecule has 5 aromatic rings. The van der Waals surface area contributed by atoms with Crippen molar-refractivity contribution in [2.24, 2.45) is 0 Å². The molecule has 0 amide bonds. The molecule has 2 N–H and O–H groups in total. The van der Waals surface area contributed by atoms with Crippen LogP contribution in [0.25, 0.3) is 10.9 Å². The Hall–Kier alpha value is -3.74. The van der Waals surface area contributed by atoms with Crippen LogP contribution in [0.15, 0.2) is 115 Å². The van der Waals surface area contributed by atoms with Crippen molar-refractivity contribution in [1.82, 2.24) is 9.88 Å². The van der Waals surface area contributed by atoms with Crippen LogP contribution in [0.2, 0.25) is 5.02 Å². The minimum Gasteiger partial charge on any atom is -0.457 e. The van der Waals surface area contributed by atoms with E-state index in [4.69, 9.17) is 16.3 Å². The predicted molar refractivity (Wildman–Crippen MR) is 156 cm³/mol. The van der Waals surface area contributed by atoms with Crippen molar-refractivity contribution in [2.45, 2.75) is 25.1 Å². The first-order chi connectivity index (χ1) is 19.1. The van der Waals surface area contributed by atoms with Crippen molar-refractivity contribution in [1.29, 1.82) is 0 Å². The summed E-state index contributed by atoms with van der Waals surface area (Å²) in [4.78, 5) is 6.53. The Labute approximate surface area is 233 Å². The fourth-order valence-corrected chi connectivity index (χ4v) is 4.96. The Kier molecular flexibility index (Phi) is 8.86. The molecular formula is C33H31ClN2O3. The third kappa shape index (κ3) is 7.02. The SMILES string of the molecule is OC[C@H](Cc1ccc(Oc2ccnc3ccccc23)cc1)N(Cc1ccccc1)C[C@@H](O)c1cccc(Cl)c1. The summed E-state index contributed by atoms with van der Waals surface area (Å²) in [5, 5.41) is 23.0. The van der Waals surface area contributed by atoms with Gasteiger partial charge in [-0.15, -0.1) is 0 Å². The number of aliphatic hydroxyl groups excluding tert-OH is 2. The van der Waals surface area contributed by atoms with Gasteiger partial charge in [-0.05, 0) is 65.6 Å². The summed E-state index contributed by atoms with van der Waals surface area (Å²) < 4.78 is 6.17. The van der Waals surface area contributed by atoms with Crippen LogP contribution in [-0.4, -0.2) is 39.3 Å². The number of nitrogens with zero attached hydrogens (tertiary/aromatic N) is 2. The molecule has 198 valence electrons. The van der Waals surface area contributed by atoms with Crippen LogP contribution < -0.4 is 4.74 Å². The average Bonchev–Trinajstić information content (AvgIpc) is 2.97. The van der Waals surface area contributed by atoms with E-state index in [1.54, 1.807) is 18.3 Å². The van der Waals surface area contributed by atoms with Gasteiger partial charge in [-0.3, -0.25) is 9.88 Å². The summed E-state index contributed by atoms with van der Waals surface area (Å²) in [6.45, 7) is 0.910. The Morgan fingerprint density at radius 3 is 2.36 bits per heavy atom. The zero-order valence-electron chi connectivity index (χ0n) is 21.5. The first-order valence-electron chi connectivity index (χ1n) is 13.0. The smallest absolute Gasteiger partial charge is 0.138 e. The van der Waals surface area contributed by atoms with E-state index in [9.17, 15) is 10.2 Å². The van der Waals surface area contributed by atoms with E-state index in [2.05, 4.69) is 22.0 Å². The van der Waals surface area contributed by atoms with Crippen molar-refractivity contribution in [3.8, 4) is 11.5 Å². The Morgan fingerprint density at radius 2 is 1.59 bits per heavy atom. The van der Waals surface area contributed by atoms with Crippen LogP contribution in [0.5, 0.6) is 11.5 Å². The van der Waals surface area contributed by atoms with E-state index in [0.29, 0.717) is 24.5 Å². The van der Waals surface area contributed by atoms with Crippen LogP contribution in [0.4, 0.5) is 0 Å². The topological polar surface area (TPSA) is 65.8 Å². The first-order valence-corrected chi connectivity index (χ1v) is 13.4. The Balaban J connectivity index is 1.32. The highest BCUT2D eigenvalue weighted by Crippen LogP contribution is 2.29. The molecule has 5 rings (SSSR count). The molecule has 0 saturated carbocycles. The van der Waals surface area contributed by atoms with Crippen molar-refractivity contribution >= 4 is 22.5 Å². The molecule has 4 aromatic carbocycles. The van der Waals surface area contributed by atoms with Crippen molar-refractivity contribution in [2.75, 3.05) is 13.2 Å². The molecule has 0 aliphatic rings. The predicted octanol–water partition coefficient (Wildman–Crippen LogP) is 6.82. The van der Waals surface area contributed by atoms with E-state index in [1.165, 1.54) is 0 Å². The van der Waals surface area contributed by atoms with E-state index in [1.807, 2.05) is 84.9 Å². The monoisotopic (exact) mass is 538 g/mol. The minimum atomic E-state index is -0.743. The van der Waals surface area contributed by atoms with Gasteiger partial charge < -0.3 is 14.9 Å². The third-order valence-corrected chi connectivity index (χ3v) is 7.06. The van der Waals surface area contributed by atoms with Crippen molar-refractivity contribution in [3.63, 3.8) is 0 Å². The molecule has 1 heterocycles. The fraction of sp³-hybridized carbons (Fsp3) is 0.182. The van der Waals surface area contributed by atoms with Gasteiger partial charge in [0.15, 0.2) is 0 Å². The lowest BCUT2D eigenvalue weighted by Crippen LogP contribution is -2.41. The number of hydrogen-bond donors (Lipinski definition) is 2. The number of halogens is 1. The van der Waals surface area contributed by atoms with Gasteiger partial charge in [0.05, 0.1) is 18.2 Å². The largest absolute Gasteiger partial charge is 0.457 e. The molecule has 0 bridgehead atoms. The molecule has 0 unspecified atom stereocenters. The second kappa shape index (κ2) is 12.9. The van der Waals surface area contributed by atoms with Crippen LogP contribution in [0.3, 0.4) is 0 Å². The summed E-state index contributed by atoms with van der Waals surface area (Å²) >= 11 is 6.17. The van der Waals surface area contributed by atoms with Gasteiger partial charge in [-0.25, -0.2) is 0 Å². The number of fused-ring (bicyclic) bond motifs is 1. The summed E-state index contributed by atoms with van der Waals surface area (Å²) in [6.07, 6.45) is 1.62. The van der Waals surface area contributed by atoms with Gasteiger partial charge >= 0.3 is 0 Å². The zero-order chi connectivity index (χ0) is 27.0. The molecule has 39 heavy (non-hydrogen) atoms. The van der Waals surface area contributed by atoms with E-state index < -0.39 is 6.10 Å². The van der Waals surface area contributed by atoms with Gasteiger partial charge in [0.1, 0.15) is 11.5 Å². The van der Waals surface area contributed by atoms with Crippen LogP contribution in [0, 0.1) is 0 Å². The number of benzene rings is 4. The average molecular weight is 539 g/mol. The second-order valence-corrected chi connectivity index (χ2v) is 10.0. The molecular weight excluding hydrogens is 508 g/mol. The summed E-state index contributed by atoms with van der Waals surface area (Å²) in [6, 6.07) is 34.9. The maximum absolute atomic E-state index is 11.1. The lowest BCUT2D eigenvalue weighted by atomic mass is 10.0. The molecule has 0 aliphatic heterocycles. The first kappa shape index (κ1) is 26.9. The highest BCUT2D eigenvalue weighted by molar-refractivity contribution is 6.30. The normalized spacial score (nSPS) is 12.9. The standard InChI is InChI=1S/C33H31ClN2O3/c34-27-10-6-9-26(20-27)32(38)22-36(21-25-7-2-1-3-8-25)28(23-37)19-24-13-15-29(16-14-24)39-33-17-18-35-31-12-5-4-11-30(31)33/h1-18,20,28,32,37-38H,19,21-23H2/t28-,32+/m0/s1. The molecule has 1 aromatic heterocycles. The number of hydrogen-bond acceptors (Lipinski definition) is 5. The van der Waals surface area contributed by atoms with Crippen LogP contribution in [-0.2, 0) is 13.0 Å². The van der Waals surface area contributed by atoms with Gasteiger partial charge in [0.2, 0.25) is 0 Å². The maximum atomic E-state index is 11.1. The van der Waals surface area contributed by atoms with E-state index >= 15 is 0 Å². The molecule has 2 atom stereocenters. The molecule has 0 aliphatic carbocycles. The quantitative estimate of drug-likeness (QED) is 0.193. The van der Waals surface area contributed by atoms with E-state index in [0.717, 1.165) is 39.1 Å². The molecule has 6 heteroatoms. The summed E-state index contributed by atoms with van der Waals surface area (Å²) in [5.74, 6) is 1.48. The number of aliphatic hydroxyl groups is 2. The highest BCUT2D eigenvalue weighted by Gasteiger charge is 2.23. The summed E-state index contributed by atoms with van der Waals surface area (Å²) in [7, 11) is 0. The molecule has 0 radical (unpaired) electrons. The molecule has 0 fully saturated rings. The second-order valence-electron chi connectivity index (χ2n) is 9.60. The molecule has 5 nitrogen and oxygen atoms in total. The van der Waals surface area contributed by atoms with Gasteiger partial charge in [-0.2, -0.15) is 0 Å². The van der Waals surface area contributed by atoms with Crippen LogP contribution in [0.1, 0.15) is 22.8 Å². The number of rotatable bonds is 11. The lowest BCUT2D eigenvalue weighted by Gasteiger charge is -2.32. The number of pyridine rings is 1. The van der Waals surface area contributed by atoms with Gasteiger partial charge in [0.25, 0.3) is 0 Å². The third-order valence-electron chi connectivity index (χ3n) is 6.83. The fourth-order valence-electron chi connectivity index (χ4n) is 4.76. The Morgan fingerprint density at radius 1 is 0.821 bits per heavy atom.